The Morgan fingerprint density at radius 2 is 1.86 bits per heavy atom. The molecule has 2 aromatic rings. The van der Waals surface area contributed by atoms with Gasteiger partial charge in [0.1, 0.15) is 5.75 Å². The fourth-order valence-electron chi connectivity index (χ4n) is 2.49. The van der Waals surface area contributed by atoms with Gasteiger partial charge in [0, 0.05) is 4.47 Å². The third-order valence-electron chi connectivity index (χ3n) is 3.80. The summed E-state index contributed by atoms with van der Waals surface area (Å²) in [7, 11) is 1.99. The van der Waals surface area contributed by atoms with Gasteiger partial charge in [0.05, 0.1) is 12.1 Å². The van der Waals surface area contributed by atoms with Crippen LogP contribution in [0.1, 0.15) is 35.6 Å². The largest absolute Gasteiger partial charge is 0.490 e. The molecule has 0 aromatic heterocycles. The molecule has 1 N–H and O–H groups in total. The Bertz CT molecular complexity index is 620. The molecule has 0 bridgehead atoms. The number of hydrogen-bond donors (Lipinski definition) is 1. The lowest BCUT2D eigenvalue weighted by atomic mass is 9.98. The molecule has 0 aliphatic heterocycles. The summed E-state index contributed by atoms with van der Waals surface area (Å²) in [6.07, 6.45) is 2.83. The van der Waals surface area contributed by atoms with E-state index in [1.54, 1.807) is 0 Å². The molecule has 3 rings (SSSR count). The van der Waals surface area contributed by atoms with Crippen molar-refractivity contribution < 1.29 is 4.74 Å². The zero-order valence-electron chi connectivity index (χ0n) is 12.4. The van der Waals surface area contributed by atoms with E-state index >= 15 is 0 Å². The van der Waals surface area contributed by atoms with Crippen LogP contribution < -0.4 is 10.1 Å². The first-order chi connectivity index (χ1) is 10.2. The predicted octanol–water partition coefficient (Wildman–Crippen LogP) is 4.61. The van der Waals surface area contributed by atoms with Crippen molar-refractivity contribution in [3.8, 4) is 5.75 Å². The molecule has 1 aliphatic carbocycles. The number of halogens is 1. The average Bonchev–Trinajstić information content (AvgIpc) is 3.27. The minimum atomic E-state index is 0.176. The molecule has 1 aliphatic rings. The van der Waals surface area contributed by atoms with E-state index in [0.29, 0.717) is 6.10 Å². The van der Waals surface area contributed by atoms with E-state index in [4.69, 9.17) is 4.74 Å². The zero-order chi connectivity index (χ0) is 14.8. The molecule has 21 heavy (non-hydrogen) atoms. The first kappa shape index (κ1) is 14.6. The second kappa shape index (κ2) is 6.20. The maximum absolute atomic E-state index is 5.81. The lowest BCUT2D eigenvalue weighted by molar-refractivity contribution is 0.303. The van der Waals surface area contributed by atoms with E-state index < -0.39 is 0 Å². The van der Waals surface area contributed by atoms with Gasteiger partial charge in [-0.3, -0.25) is 0 Å². The van der Waals surface area contributed by atoms with E-state index in [9.17, 15) is 0 Å². The van der Waals surface area contributed by atoms with Crippen LogP contribution in [0.3, 0.4) is 0 Å². The Labute approximate surface area is 134 Å². The highest BCUT2D eigenvalue weighted by Crippen LogP contribution is 2.31. The van der Waals surface area contributed by atoms with Crippen molar-refractivity contribution in [2.45, 2.75) is 31.9 Å². The van der Waals surface area contributed by atoms with Gasteiger partial charge in [0.15, 0.2) is 0 Å². The molecule has 3 heteroatoms. The number of ether oxygens (including phenoxy) is 1. The maximum atomic E-state index is 5.81. The monoisotopic (exact) mass is 345 g/mol. The van der Waals surface area contributed by atoms with Crippen LogP contribution in [0.2, 0.25) is 0 Å². The summed E-state index contributed by atoms with van der Waals surface area (Å²) in [5.74, 6) is 0.971. The highest BCUT2D eigenvalue weighted by molar-refractivity contribution is 9.10. The number of nitrogens with one attached hydrogen (secondary N) is 1. The summed E-state index contributed by atoms with van der Waals surface area (Å²) >= 11 is 3.68. The Morgan fingerprint density at radius 3 is 2.43 bits per heavy atom. The molecule has 110 valence electrons. The number of rotatable bonds is 5. The van der Waals surface area contributed by atoms with Gasteiger partial charge in [-0.1, -0.05) is 40.2 Å². The highest BCUT2D eigenvalue weighted by atomic mass is 79.9. The third kappa shape index (κ3) is 3.47. The van der Waals surface area contributed by atoms with Crippen LogP contribution in [-0.4, -0.2) is 13.2 Å². The van der Waals surface area contributed by atoms with Crippen LogP contribution in [-0.2, 0) is 0 Å². The minimum absolute atomic E-state index is 0.176. The maximum Gasteiger partial charge on any atom is 0.119 e. The number of benzene rings is 2. The van der Waals surface area contributed by atoms with Crippen molar-refractivity contribution >= 4 is 15.9 Å². The second-order valence-electron chi connectivity index (χ2n) is 5.63. The standard InChI is InChI=1S/C18H20BrNO/c1-12-3-10-16(17(19)11-12)18(20-2)13-4-6-14(7-5-13)21-15-8-9-15/h3-7,10-11,15,18,20H,8-9H2,1-2H3. The van der Waals surface area contributed by atoms with Gasteiger partial charge < -0.3 is 10.1 Å². The van der Waals surface area contributed by atoms with Gasteiger partial charge in [-0.05, 0) is 61.7 Å². The van der Waals surface area contributed by atoms with Crippen molar-refractivity contribution in [2.75, 3.05) is 7.05 Å². The van der Waals surface area contributed by atoms with Crippen LogP contribution in [0.15, 0.2) is 46.9 Å². The highest BCUT2D eigenvalue weighted by Gasteiger charge is 2.23. The third-order valence-corrected chi connectivity index (χ3v) is 4.48. The molecule has 0 spiro atoms. The van der Waals surface area contributed by atoms with Gasteiger partial charge in [-0.2, -0.15) is 0 Å². The molecule has 1 unspecified atom stereocenters. The van der Waals surface area contributed by atoms with Crippen molar-refractivity contribution in [2.24, 2.45) is 0 Å². The Morgan fingerprint density at radius 1 is 1.14 bits per heavy atom. The van der Waals surface area contributed by atoms with Crippen LogP contribution in [0.4, 0.5) is 0 Å². The molecule has 2 nitrogen and oxygen atoms in total. The van der Waals surface area contributed by atoms with E-state index in [-0.39, 0.29) is 6.04 Å². The minimum Gasteiger partial charge on any atom is -0.490 e. The molecule has 0 heterocycles. The van der Waals surface area contributed by atoms with Gasteiger partial charge >= 0.3 is 0 Å². The second-order valence-corrected chi connectivity index (χ2v) is 6.49. The topological polar surface area (TPSA) is 21.3 Å². The molecule has 1 fully saturated rings. The Hall–Kier alpha value is -1.32. The van der Waals surface area contributed by atoms with Crippen molar-refractivity contribution in [1.82, 2.24) is 5.32 Å². The quantitative estimate of drug-likeness (QED) is 0.854. The lowest BCUT2D eigenvalue weighted by Crippen LogP contribution is -2.18. The molecule has 1 saturated carbocycles. The van der Waals surface area contributed by atoms with Gasteiger partial charge in [0.25, 0.3) is 0 Å². The van der Waals surface area contributed by atoms with Crippen LogP contribution >= 0.6 is 15.9 Å². The Balaban J connectivity index is 1.84. The number of aryl methyl sites for hydroxylation is 1. The summed E-state index contributed by atoms with van der Waals surface area (Å²) in [5.41, 5.74) is 3.75. The molecular formula is C18H20BrNO. The summed E-state index contributed by atoms with van der Waals surface area (Å²) in [6.45, 7) is 2.10. The van der Waals surface area contributed by atoms with Crippen molar-refractivity contribution in [3.05, 3.63) is 63.6 Å². The first-order valence-electron chi connectivity index (χ1n) is 7.37. The van der Waals surface area contributed by atoms with Crippen LogP contribution in [0.5, 0.6) is 5.75 Å². The molecule has 2 aromatic carbocycles. The van der Waals surface area contributed by atoms with E-state index in [1.807, 2.05) is 7.05 Å². The van der Waals surface area contributed by atoms with E-state index in [1.165, 1.54) is 29.5 Å². The molecule has 0 amide bonds. The first-order valence-corrected chi connectivity index (χ1v) is 8.16. The van der Waals surface area contributed by atoms with Gasteiger partial charge in [0.2, 0.25) is 0 Å². The predicted molar refractivity (Wildman–Crippen MR) is 89.9 cm³/mol. The van der Waals surface area contributed by atoms with Gasteiger partial charge in [-0.25, -0.2) is 0 Å². The number of hydrogen-bond acceptors (Lipinski definition) is 2. The summed E-state index contributed by atoms with van der Waals surface area (Å²) in [5, 5.41) is 3.40. The summed E-state index contributed by atoms with van der Waals surface area (Å²) in [6, 6.07) is 15.1. The van der Waals surface area contributed by atoms with Crippen LogP contribution in [0.25, 0.3) is 0 Å². The zero-order valence-corrected chi connectivity index (χ0v) is 14.0. The molecular weight excluding hydrogens is 326 g/mol. The van der Waals surface area contributed by atoms with E-state index in [2.05, 4.69) is 70.6 Å². The molecule has 0 saturated heterocycles. The average molecular weight is 346 g/mol. The molecule has 0 radical (unpaired) electrons. The smallest absolute Gasteiger partial charge is 0.119 e. The Kier molecular flexibility index (Phi) is 4.32. The summed E-state index contributed by atoms with van der Waals surface area (Å²) in [4.78, 5) is 0. The fourth-order valence-corrected chi connectivity index (χ4v) is 3.21. The normalized spacial score (nSPS) is 15.8. The molecule has 1 atom stereocenters. The van der Waals surface area contributed by atoms with Crippen molar-refractivity contribution in [1.29, 1.82) is 0 Å². The summed E-state index contributed by atoms with van der Waals surface area (Å²) < 4.78 is 6.95. The van der Waals surface area contributed by atoms with Crippen LogP contribution in [0, 0.1) is 6.92 Å². The van der Waals surface area contributed by atoms with Gasteiger partial charge in [-0.15, -0.1) is 0 Å². The van der Waals surface area contributed by atoms with Crippen molar-refractivity contribution in [3.63, 3.8) is 0 Å². The lowest BCUT2D eigenvalue weighted by Gasteiger charge is -2.19. The van der Waals surface area contributed by atoms with E-state index in [0.717, 1.165) is 10.2 Å². The SMILES string of the molecule is CNC(c1ccc(OC2CC2)cc1)c1ccc(C)cc1Br. The fraction of sp³-hybridized carbons (Fsp3) is 0.333.